The van der Waals surface area contributed by atoms with Gasteiger partial charge in [-0.1, -0.05) is 0 Å². The molecule has 0 spiro atoms. The number of benzene rings is 2. The van der Waals surface area contributed by atoms with Crippen molar-refractivity contribution in [3.05, 3.63) is 35.9 Å². The second-order valence-electron chi connectivity index (χ2n) is 7.28. The molecule has 0 atom stereocenters. The lowest BCUT2D eigenvalue weighted by Gasteiger charge is -2.18. The second kappa shape index (κ2) is 8.67. The Labute approximate surface area is 185 Å². The van der Waals surface area contributed by atoms with Crippen molar-refractivity contribution in [2.24, 2.45) is 0 Å². The third-order valence-corrected chi connectivity index (χ3v) is 6.76. The van der Waals surface area contributed by atoms with Crippen LogP contribution in [0.5, 0.6) is 23.0 Å². The molecule has 1 amide bonds. The van der Waals surface area contributed by atoms with E-state index in [2.05, 4.69) is 5.32 Å². The largest absolute Gasteiger partial charge is 0.490 e. The number of hydrogen-bond donors (Lipinski definition) is 1. The minimum atomic E-state index is -3.98. The molecule has 2 aliphatic rings. The molecule has 0 aromatic heterocycles. The minimum absolute atomic E-state index is 0.0145. The van der Waals surface area contributed by atoms with Crippen molar-refractivity contribution in [2.45, 2.75) is 18.2 Å². The van der Waals surface area contributed by atoms with Gasteiger partial charge >= 0.3 is 0 Å². The first-order valence-electron chi connectivity index (χ1n) is 9.86. The van der Waals surface area contributed by atoms with E-state index in [0.717, 1.165) is 4.31 Å². The van der Waals surface area contributed by atoms with E-state index in [9.17, 15) is 18.0 Å². The Morgan fingerprint density at radius 2 is 1.62 bits per heavy atom. The summed E-state index contributed by atoms with van der Waals surface area (Å²) in [5.41, 5.74) is 0.448. The predicted octanol–water partition coefficient (Wildman–Crippen LogP) is 2.04. The highest BCUT2D eigenvalue weighted by atomic mass is 32.2. The Bertz CT molecular complexity index is 1180. The van der Waals surface area contributed by atoms with Crippen molar-refractivity contribution in [2.75, 3.05) is 38.9 Å². The maximum absolute atomic E-state index is 13.0. The van der Waals surface area contributed by atoms with E-state index in [4.69, 9.17) is 18.9 Å². The number of ketones is 1. The van der Waals surface area contributed by atoms with Crippen LogP contribution < -0.4 is 24.3 Å². The molecular weight excluding hydrogens is 440 g/mol. The predicted molar refractivity (Wildman–Crippen MR) is 113 cm³/mol. The fraction of sp³-hybridized carbons (Fsp3) is 0.333. The number of carbonyl (C=O) groups excluding carboxylic acids is 2. The molecule has 0 fully saturated rings. The number of amides is 1. The molecule has 2 aromatic rings. The lowest BCUT2D eigenvalue weighted by molar-refractivity contribution is -0.116. The van der Waals surface area contributed by atoms with Crippen molar-refractivity contribution in [1.29, 1.82) is 0 Å². The van der Waals surface area contributed by atoms with Crippen molar-refractivity contribution in [1.82, 2.24) is 4.31 Å². The number of hydrogen-bond acceptors (Lipinski definition) is 8. The zero-order valence-corrected chi connectivity index (χ0v) is 18.4. The standard InChI is InChI=1S/C21H22N2O8S/c1-13(24)15-9-19-20(31-12-30-19)10-16(15)22-21(25)11-23(2)32(26,27)14-4-5-17-18(8-14)29-7-3-6-28-17/h4-5,8-10H,3,6-7,11-12H2,1-2H3,(H,22,25). The number of ether oxygens (including phenoxy) is 4. The SMILES string of the molecule is CC(=O)c1cc2c(cc1NC(=O)CN(C)S(=O)(=O)c1ccc3c(c1)OCCCO3)OCO2. The van der Waals surface area contributed by atoms with Gasteiger partial charge < -0.3 is 24.3 Å². The summed E-state index contributed by atoms with van der Waals surface area (Å²) < 4.78 is 48.5. The number of sulfonamides is 1. The van der Waals surface area contributed by atoms with E-state index >= 15 is 0 Å². The third kappa shape index (κ3) is 4.34. The molecule has 2 aliphatic heterocycles. The van der Waals surface area contributed by atoms with Gasteiger partial charge in [-0.25, -0.2) is 8.42 Å². The maximum atomic E-state index is 13.0. The van der Waals surface area contributed by atoms with Gasteiger partial charge in [0.2, 0.25) is 22.7 Å². The van der Waals surface area contributed by atoms with E-state index < -0.39 is 22.5 Å². The Kier molecular flexibility index (Phi) is 5.94. The number of rotatable bonds is 6. The number of fused-ring (bicyclic) bond motifs is 2. The summed E-state index contributed by atoms with van der Waals surface area (Å²) in [6.07, 6.45) is 0.693. The Hall–Kier alpha value is -3.31. The number of anilines is 1. The van der Waals surface area contributed by atoms with Crippen LogP contribution in [0.25, 0.3) is 0 Å². The summed E-state index contributed by atoms with van der Waals surface area (Å²) in [4.78, 5) is 24.6. The average Bonchev–Trinajstić information content (AvgIpc) is 3.07. The molecule has 0 unspecified atom stereocenters. The molecule has 0 aliphatic carbocycles. The van der Waals surface area contributed by atoms with E-state index in [1.165, 1.54) is 44.3 Å². The van der Waals surface area contributed by atoms with Crippen LogP contribution in [0.4, 0.5) is 5.69 Å². The average molecular weight is 462 g/mol. The Morgan fingerprint density at radius 1 is 0.969 bits per heavy atom. The molecule has 32 heavy (non-hydrogen) atoms. The molecule has 4 rings (SSSR count). The molecule has 10 nitrogen and oxygen atoms in total. The van der Waals surface area contributed by atoms with Crippen LogP contribution in [0, 0.1) is 0 Å². The van der Waals surface area contributed by atoms with Gasteiger partial charge in [0.25, 0.3) is 0 Å². The molecule has 0 radical (unpaired) electrons. The zero-order valence-electron chi connectivity index (χ0n) is 17.5. The Morgan fingerprint density at radius 3 is 2.34 bits per heavy atom. The van der Waals surface area contributed by atoms with Crippen LogP contribution in [0.15, 0.2) is 35.2 Å². The molecule has 1 N–H and O–H groups in total. The van der Waals surface area contributed by atoms with Gasteiger partial charge in [0, 0.05) is 31.2 Å². The van der Waals surface area contributed by atoms with Gasteiger partial charge in [-0.3, -0.25) is 9.59 Å². The van der Waals surface area contributed by atoms with Crippen LogP contribution in [-0.2, 0) is 14.8 Å². The topological polar surface area (TPSA) is 120 Å². The molecule has 0 saturated carbocycles. The number of nitrogens with one attached hydrogen (secondary N) is 1. The summed E-state index contributed by atoms with van der Waals surface area (Å²) in [6.45, 7) is 1.81. The monoisotopic (exact) mass is 462 g/mol. The number of likely N-dealkylation sites (N-methyl/N-ethyl adjacent to an activating group) is 1. The van der Waals surface area contributed by atoms with Gasteiger partial charge in [-0.2, -0.15) is 4.31 Å². The highest BCUT2D eigenvalue weighted by molar-refractivity contribution is 7.89. The van der Waals surface area contributed by atoms with Crippen LogP contribution in [0.2, 0.25) is 0 Å². The van der Waals surface area contributed by atoms with E-state index in [-0.39, 0.29) is 28.7 Å². The van der Waals surface area contributed by atoms with E-state index in [1.807, 2.05) is 0 Å². The van der Waals surface area contributed by atoms with Crippen LogP contribution >= 0.6 is 0 Å². The normalized spacial score (nSPS) is 14.7. The van der Waals surface area contributed by atoms with Crippen LogP contribution in [0.3, 0.4) is 0 Å². The fourth-order valence-electron chi connectivity index (χ4n) is 3.30. The lowest BCUT2D eigenvalue weighted by Crippen LogP contribution is -2.35. The highest BCUT2D eigenvalue weighted by Crippen LogP contribution is 2.37. The van der Waals surface area contributed by atoms with Crippen molar-refractivity contribution < 1.29 is 37.0 Å². The van der Waals surface area contributed by atoms with E-state index in [1.54, 1.807) is 0 Å². The van der Waals surface area contributed by atoms with Crippen molar-refractivity contribution >= 4 is 27.4 Å². The molecule has 0 bridgehead atoms. The summed E-state index contributed by atoms with van der Waals surface area (Å²) in [5.74, 6) is 0.702. The zero-order chi connectivity index (χ0) is 22.9. The summed E-state index contributed by atoms with van der Waals surface area (Å²) in [5, 5.41) is 2.59. The summed E-state index contributed by atoms with van der Waals surface area (Å²) in [6, 6.07) is 7.29. The van der Waals surface area contributed by atoms with Gasteiger partial charge in [-0.05, 0) is 25.1 Å². The maximum Gasteiger partial charge on any atom is 0.243 e. The van der Waals surface area contributed by atoms with Crippen LogP contribution in [-0.4, -0.2) is 58.0 Å². The smallest absolute Gasteiger partial charge is 0.243 e. The number of carbonyl (C=O) groups is 2. The van der Waals surface area contributed by atoms with Gasteiger partial charge in [0.15, 0.2) is 28.8 Å². The quantitative estimate of drug-likeness (QED) is 0.648. The molecule has 2 aromatic carbocycles. The molecular formula is C21H22N2O8S. The van der Waals surface area contributed by atoms with Crippen molar-refractivity contribution in [3.63, 3.8) is 0 Å². The minimum Gasteiger partial charge on any atom is -0.490 e. The highest BCUT2D eigenvalue weighted by Gasteiger charge is 2.26. The molecule has 0 saturated heterocycles. The second-order valence-corrected chi connectivity index (χ2v) is 9.32. The Balaban J connectivity index is 1.50. The van der Waals surface area contributed by atoms with Gasteiger partial charge in [0.1, 0.15) is 0 Å². The summed E-state index contributed by atoms with van der Waals surface area (Å²) in [7, 11) is -2.69. The summed E-state index contributed by atoms with van der Waals surface area (Å²) >= 11 is 0. The molecule has 170 valence electrons. The third-order valence-electron chi connectivity index (χ3n) is 4.96. The molecule has 11 heteroatoms. The first-order valence-corrected chi connectivity index (χ1v) is 11.3. The first-order chi connectivity index (χ1) is 15.3. The molecule has 2 heterocycles. The van der Waals surface area contributed by atoms with Gasteiger partial charge in [-0.15, -0.1) is 0 Å². The fourth-order valence-corrected chi connectivity index (χ4v) is 4.44. The van der Waals surface area contributed by atoms with Crippen LogP contribution in [0.1, 0.15) is 23.7 Å². The lowest BCUT2D eigenvalue weighted by atomic mass is 10.1. The van der Waals surface area contributed by atoms with E-state index in [0.29, 0.717) is 42.6 Å². The van der Waals surface area contributed by atoms with Gasteiger partial charge in [0.05, 0.1) is 30.3 Å². The number of Topliss-reactive ketones (excluding diaryl/α,β-unsaturated/α-hetero) is 1. The van der Waals surface area contributed by atoms with Crippen molar-refractivity contribution in [3.8, 4) is 23.0 Å². The first kappa shape index (κ1) is 21.9. The number of nitrogens with zero attached hydrogens (tertiary/aromatic N) is 1.